The van der Waals surface area contributed by atoms with Crippen molar-refractivity contribution in [3.8, 4) is 0 Å². The molecule has 0 atom stereocenters. The molecule has 0 saturated heterocycles. The minimum Gasteiger partial charge on any atom is -0.457 e. The van der Waals surface area contributed by atoms with Crippen LogP contribution in [-0.4, -0.2) is 35.8 Å². The fraction of sp³-hybridized carbons (Fsp3) is 0.0714. The lowest BCUT2D eigenvalue weighted by Crippen LogP contribution is -2.13. The quantitative estimate of drug-likeness (QED) is 0.0455. The van der Waals surface area contributed by atoms with E-state index < -0.39 is 35.8 Å². The van der Waals surface area contributed by atoms with Crippen LogP contribution in [0.15, 0.2) is 255 Å². The first-order valence-corrected chi connectivity index (χ1v) is 31.4. The molecule has 0 aromatic heterocycles. The molecular weight excluding hydrogens is 1200 g/mol. The lowest BCUT2D eigenvalue weighted by atomic mass is 9.92. The highest BCUT2D eigenvalue weighted by atomic mass is 16.6. The largest absolute Gasteiger partial charge is 0.457 e. The Morgan fingerprint density at radius 3 is 0.667 bits per heavy atom. The van der Waals surface area contributed by atoms with Crippen molar-refractivity contribution in [1.82, 2.24) is 0 Å². The lowest BCUT2D eigenvalue weighted by Gasteiger charge is -2.14. The van der Waals surface area contributed by atoms with E-state index in [2.05, 4.69) is 109 Å². The molecule has 0 N–H and O–H groups in total. The summed E-state index contributed by atoms with van der Waals surface area (Å²) in [5, 5.41) is 20.1. The predicted molar refractivity (Wildman–Crippen MR) is 371 cm³/mol. The third-order valence-corrected chi connectivity index (χ3v) is 18.3. The van der Waals surface area contributed by atoms with Gasteiger partial charge in [0.05, 0.1) is 33.4 Å². The van der Waals surface area contributed by atoms with Gasteiger partial charge in [-0.05, 0) is 185 Å². The maximum absolute atomic E-state index is 13.9. The summed E-state index contributed by atoms with van der Waals surface area (Å²) in [5.74, 6) is -4.17. The zero-order valence-corrected chi connectivity index (χ0v) is 51.4. The number of hydrogen-bond acceptors (Lipinski definition) is 12. The maximum Gasteiger partial charge on any atom is 0.338 e. The average Bonchev–Trinajstić information content (AvgIpc) is 0.756. The van der Waals surface area contributed by atoms with Gasteiger partial charge in [0, 0.05) is 0 Å². The van der Waals surface area contributed by atoms with Gasteiger partial charge in [0.15, 0.2) is 0 Å². The Kier molecular flexibility index (Phi) is 14.9. The number of benzene rings is 16. The van der Waals surface area contributed by atoms with Crippen LogP contribution >= 0.6 is 0 Å². The zero-order chi connectivity index (χ0) is 65.0. The summed E-state index contributed by atoms with van der Waals surface area (Å²) in [5.41, 5.74) is 4.76. The predicted octanol–water partition coefficient (Wildman–Crippen LogP) is 18.5. The third kappa shape index (κ3) is 11.0. The molecule has 0 heterocycles. The second-order valence-corrected chi connectivity index (χ2v) is 24.1. The fourth-order valence-corrected chi connectivity index (χ4v) is 13.3. The molecule has 462 valence electrons. The molecule has 12 heteroatoms. The number of carbonyl (C=O) groups is 6. The molecule has 0 aliphatic rings. The van der Waals surface area contributed by atoms with Gasteiger partial charge in [-0.15, -0.1) is 0 Å². The van der Waals surface area contributed by atoms with Gasteiger partial charge < -0.3 is 28.4 Å². The van der Waals surface area contributed by atoms with Crippen LogP contribution in [0.4, 0.5) is 0 Å². The van der Waals surface area contributed by atoms with E-state index in [0.717, 1.165) is 97.5 Å². The normalized spacial score (nSPS) is 11.6. The first-order chi connectivity index (χ1) is 47.0. The zero-order valence-electron chi connectivity index (χ0n) is 51.4. The van der Waals surface area contributed by atoms with Crippen molar-refractivity contribution < 1.29 is 57.2 Å². The van der Waals surface area contributed by atoms with Crippen molar-refractivity contribution in [3.63, 3.8) is 0 Å². The summed E-state index contributed by atoms with van der Waals surface area (Å²) < 4.78 is 34.7. The summed E-state index contributed by atoms with van der Waals surface area (Å²) in [4.78, 5) is 82.0. The average molecular weight is 1260 g/mol. The van der Waals surface area contributed by atoms with Crippen molar-refractivity contribution >= 4 is 133 Å². The Morgan fingerprint density at radius 2 is 0.406 bits per heavy atom. The minimum absolute atomic E-state index is 0.0588. The molecule has 0 radical (unpaired) electrons. The molecule has 0 unspecified atom stereocenters. The molecule has 0 fully saturated rings. The van der Waals surface area contributed by atoms with E-state index in [4.69, 9.17) is 28.4 Å². The Balaban J connectivity index is 0.578. The molecule has 0 amide bonds. The van der Waals surface area contributed by atoms with E-state index in [1.807, 2.05) is 54.6 Å². The van der Waals surface area contributed by atoms with Crippen molar-refractivity contribution in [1.29, 1.82) is 0 Å². The molecular formula is C84H54O12. The Hall–Kier alpha value is -12.5. The first kappa shape index (κ1) is 58.5. The van der Waals surface area contributed by atoms with E-state index in [9.17, 15) is 28.8 Å². The lowest BCUT2D eigenvalue weighted by molar-refractivity contribution is 0.0447. The van der Waals surface area contributed by atoms with Crippen LogP contribution in [0.25, 0.3) is 97.0 Å². The Morgan fingerprint density at radius 1 is 0.198 bits per heavy atom. The van der Waals surface area contributed by atoms with E-state index in [1.54, 1.807) is 72.8 Å². The van der Waals surface area contributed by atoms with Gasteiger partial charge in [-0.2, -0.15) is 0 Å². The molecule has 0 aliphatic carbocycles. The van der Waals surface area contributed by atoms with Crippen LogP contribution in [0.3, 0.4) is 0 Å². The van der Waals surface area contributed by atoms with Gasteiger partial charge in [0.1, 0.15) is 39.6 Å². The highest BCUT2D eigenvalue weighted by molar-refractivity contribution is 6.26. The van der Waals surface area contributed by atoms with Gasteiger partial charge in [0.25, 0.3) is 0 Å². The van der Waals surface area contributed by atoms with Crippen LogP contribution in [0.5, 0.6) is 0 Å². The second-order valence-electron chi connectivity index (χ2n) is 24.1. The number of hydrogen-bond donors (Lipinski definition) is 0. The monoisotopic (exact) mass is 1250 g/mol. The highest BCUT2D eigenvalue weighted by Gasteiger charge is 2.22. The smallest absolute Gasteiger partial charge is 0.338 e. The molecule has 0 saturated carbocycles. The van der Waals surface area contributed by atoms with E-state index in [0.29, 0.717) is 33.4 Å². The number of ether oxygens (including phenoxy) is 6. The minimum atomic E-state index is -0.862. The maximum atomic E-state index is 13.9. The van der Waals surface area contributed by atoms with Gasteiger partial charge >= 0.3 is 35.8 Å². The SMILES string of the molecule is O=C(OCc1ccc(C(=O)OCc2ccc3ccc4cccc5ccc2c3c45)cc1)c1cc(C(=O)OCc2ccc(C(=O)OCc3ccc4ccc5cccc6ccc3c4c56)cc2)cc(C(=O)OCc2ccc(C(=O)OCc3ccc4ccc5cccc6ccc3c4c56)cc2)c1. The third-order valence-electron chi connectivity index (χ3n) is 18.3. The molecule has 16 rings (SSSR count). The van der Waals surface area contributed by atoms with Gasteiger partial charge in [-0.1, -0.05) is 200 Å². The second kappa shape index (κ2) is 24.5. The van der Waals surface area contributed by atoms with Crippen molar-refractivity contribution in [3.05, 3.63) is 322 Å². The Labute approximate surface area is 548 Å². The van der Waals surface area contributed by atoms with Gasteiger partial charge in [0.2, 0.25) is 0 Å². The molecule has 0 bridgehead atoms. The van der Waals surface area contributed by atoms with E-state index in [-0.39, 0.29) is 56.3 Å². The van der Waals surface area contributed by atoms with Crippen LogP contribution < -0.4 is 0 Å². The van der Waals surface area contributed by atoms with Crippen molar-refractivity contribution in [2.45, 2.75) is 39.6 Å². The highest BCUT2D eigenvalue weighted by Crippen LogP contribution is 2.40. The standard InChI is InChI=1S/C84H54O12/c85-79(94-46-64-31-28-58-25-22-52-4-1-7-55-34-37-70(64)76(58)73(52)55)61-16-10-49(11-17-61)43-91-82(88)67-40-68(83(89)92-44-50-12-18-62(19-13-50)80(86)95-47-65-32-29-59-26-23-53-5-2-8-56-35-38-71(65)77(59)74(53)56)42-69(41-67)84(90)93-45-51-14-20-63(21-15-51)81(87)96-48-66-33-30-60-27-24-54-6-3-9-57-36-39-72(66)78(60)75(54)57/h1-42H,43-48H2. The molecule has 12 nitrogen and oxygen atoms in total. The summed E-state index contributed by atoms with van der Waals surface area (Å²) in [6.07, 6.45) is 0. The summed E-state index contributed by atoms with van der Waals surface area (Å²) >= 11 is 0. The molecule has 0 spiro atoms. The number of esters is 6. The van der Waals surface area contributed by atoms with Crippen LogP contribution in [0, 0.1) is 0 Å². The van der Waals surface area contributed by atoms with Crippen LogP contribution in [0.2, 0.25) is 0 Å². The summed E-state index contributed by atoms with van der Waals surface area (Å²) in [6, 6.07) is 79.1. The number of rotatable bonds is 18. The van der Waals surface area contributed by atoms with Crippen molar-refractivity contribution in [2.75, 3.05) is 0 Å². The topological polar surface area (TPSA) is 158 Å². The van der Waals surface area contributed by atoms with Gasteiger partial charge in [-0.25, -0.2) is 28.8 Å². The van der Waals surface area contributed by atoms with Crippen molar-refractivity contribution in [2.24, 2.45) is 0 Å². The summed E-state index contributed by atoms with van der Waals surface area (Å²) in [6.45, 7) is -0.495. The first-order valence-electron chi connectivity index (χ1n) is 31.4. The molecule has 16 aromatic carbocycles. The molecule has 16 aromatic rings. The van der Waals surface area contributed by atoms with E-state index >= 15 is 0 Å². The van der Waals surface area contributed by atoms with Crippen LogP contribution in [-0.2, 0) is 68.1 Å². The van der Waals surface area contributed by atoms with Gasteiger partial charge in [-0.3, -0.25) is 0 Å². The van der Waals surface area contributed by atoms with E-state index in [1.165, 1.54) is 34.4 Å². The summed E-state index contributed by atoms with van der Waals surface area (Å²) in [7, 11) is 0. The number of carbonyl (C=O) groups excluding carboxylic acids is 6. The van der Waals surface area contributed by atoms with Crippen LogP contribution in [0.1, 0.15) is 95.5 Å². The molecule has 0 aliphatic heterocycles. The fourth-order valence-electron chi connectivity index (χ4n) is 13.3. The molecule has 96 heavy (non-hydrogen) atoms. The Bertz CT molecular complexity index is 5150.